The second-order valence-corrected chi connectivity index (χ2v) is 8.86. The van der Waals surface area contributed by atoms with Crippen molar-refractivity contribution in [2.75, 3.05) is 6.61 Å². The lowest BCUT2D eigenvalue weighted by atomic mass is 10.0. The number of aromatic nitrogens is 4. The fraction of sp³-hybridized carbons (Fsp3) is 0.296. The topological polar surface area (TPSA) is 71.3 Å². The van der Waals surface area contributed by atoms with Gasteiger partial charge in [-0.25, -0.2) is 9.97 Å². The molecule has 2 aliphatic rings. The van der Waals surface area contributed by atoms with E-state index in [-0.39, 0.29) is 24.4 Å². The SMILES string of the molecule is C=C1[C@@H]2COC(c3ccccc3)O[C@H]2C[C@@H]1n1cnc2c(OCc3ccccc3)nc(C)nc21. The molecule has 2 aromatic carbocycles. The molecular weight excluding hydrogens is 428 g/mol. The Morgan fingerprint density at radius 2 is 1.82 bits per heavy atom. The maximum atomic E-state index is 6.37. The Balaban J connectivity index is 1.26. The summed E-state index contributed by atoms with van der Waals surface area (Å²) in [5.41, 5.74) is 4.60. The summed E-state index contributed by atoms with van der Waals surface area (Å²) in [7, 11) is 0. The molecule has 0 spiro atoms. The molecule has 2 fully saturated rings. The highest BCUT2D eigenvalue weighted by Crippen LogP contribution is 2.46. The summed E-state index contributed by atoms with van der Waals surface area (Å²) in [4.78, 5) is 13.9. The summed E-state index contributed by atoms with van der Waals surface area (Å²) in [6, 6.07) is 20.1. The molecule has 0 radical (unpaired) electrons. The van der Waals surface area contributed by atoms with E-state index in [0.29, 0.717) is 30.4 Å². The average Bonchev–Trinajstić information content (AvgIpc) is 3.44. The van der Waals surface area contributed by atoms with Crippen molar-refractivity contribution >= 4 is 11.2 Å². The summed E-state index contributed by atoms with van der Waals surface area (Å²) in [5, 5.41) is 0. The van der Waals surface area contributed by atoms with Gasteiger partial charge in [0.15, 0.2) is 17.5 Å². The molecule has 0 N–H and O–H groups in total. The summed E-state index contributed by atoms with van der Waals surface area (Å²) >= 11 is 0. The molecular formula is C27H26N4O3. The Bertz CT molecular complexity index is 1320. The monoisotopic (exact) mass is 454 g/mol. The normalized spacial score (nSPS) is 24.3. The number of ether oxygens (including phenoxy) is 3. The van der Waals surface area contributed by atoms with E-state index in [1.807, 2.05) is 73.9 Å². The Kier molecular flexibility index (Phi) is 5.36. The van der Waals surface area contributed by atoms with Crippen molar-refractivity contribution in [1.29, 1.82) is 0 Å². The first-order valence-electron chi connectivity index (χ1n) is 11.6. The summed E-state index contributed by atoms with van der Waals surface area (Å²) in [6.07, 6.45) is 2.30. The standard InChI is InChI=1S/C27H26N4O3/c1-17-21-15-33-27(20-11-7-4-8-12-20)34-23(21)13-22(17)31-16-28-24-25(31)29-18(2)30-26(24)32-14-19-9-5-3-6-10-19/h3-12,16,21-23,27H,1,13-15H2,2H3/t21-,22-,23-,27?/m0/s1. The van der Waals surface area contributed by atoms with E-state index in [4.69, 9.17) is 19.2 Å². The Morgan fingerprint density at radius 1 is 1.06 bits per heavy atom. The van der Waals surface area contributed by atoms with Crippen LogP contribution in [0.25, 0.3) is 11.2 Å². The van der Waals surface area contributed by atoms with Gasteiger partial charge in [0.25, 0.3) is 0 Å². The van der Waals surface area contributed by atoms with Gasteiger partial charge >= 0.3 is 0 Å². The van der Waals surface area contributed by atoms with E-state index in [1.165, 1.54) is 0 Å². The number of nitrogens with zero attached hydrogens (tertiary/aromatic N) is 4. The Hall–Kier alpha value is -3.55. The van der Waals surface area contributed by atoms with E-state index in [9.17, 15) is 0 Å². The molecule has 4 aromatic rings. The van der Waals surface area contributed by atoms with Crippen molar-refractivity contribution in [1.82, 2.24) is 19.5 Å². The molecule has 6 rings (SSSR count). The van der Waals surface area contributed by atoms with Crippen LogP contribution in [0, 0.1) is 12.8 Å². The predicted molar refractivity (Wildman–Crippen MR) is 127 cm³/mol. The molecule has 1 aliphatic heterocycles. The highest BCUT2D eigenvalue weighted by Gasteiger charge is 2.44. The minimum absolute atomic E-state index is 0.0226. The van der Waals surface area contributed by atoms with Crippen molar-refractivity contribution in [3.63, 3.8) is 0 Å². The molecule has 1 saturated heterocycles. The van der Waals surface area contributed by atoms with Gasteiger partial charge < -0.3 is 18.8 Å². The van der Waals surface area contributed by atoms with Gasteiger partial charge in [-0.1, -0.05) is 67.2 Å². The maximum Gasteiger partial charge on any atom is 0.246 e. The van der Waals surface area contributed by atoms with E-state index in [0.717, 1.165) is 28.8 Å². The van der Waals surface area contributed by atoms with E-state index >= 15 is 0 Å². The van der Waals surface area contributed by atoms with Crippen LogP contribution in [0.3, 0.4) is 0 Å². The zero-order chi connectivity index (χ0) is 23.1. The number of hydrogen-bond donors (Lipinski definition) is 0. The van der Waals surface area contributed by atoms with Gasteiger partial charge in [-0.2, -0.15) is 4.98 Å². The third kappa shape index (κ3) is 3.77. The second-order valence-electron chi connectivity index (χ2n) is 8.86. The van der Waals surface area contributed by atoms with E-state index in [2.05, 4.69) is 21.1 Å². The third-order valence-electron chi connectivity index (χ3n) is 6.66. The first-order valence-corrected chi connectivity index (χ1v) is 11.6. The molecule has 34 heavy (non-hydrogen) atoms. The van der Waals surface area contributed by atoms with Gasteiger partial charge in [-0.15, -0.1) is 0 Å². The van der Waals surface area contributed by atoms with Crippen LogP contribution in [0.5, 0.6) is 5.88 Å². The lowest BCUT2D eigenvalue weighted by molar-refractivity contribution is -0.229. The summed E-state index contributed by atoms with van der Waals surface area (Å²) in [5.74, 6) is 1.27. The van der Waals surface area contributed by atoms with Crippen LogP contribution >= 0.6 is 0 Å². The predicted octanol–water partition coefficient (Wildman–Crippen LogP) is 4.95. The van der Waals surface area contributed by atoms with Gasteiger partial charge in [0.1, 0.15) is 12.4 Å². The summed E-state index contributed by atoms with van der Waals surface area (Å²) < 4.78 is 20.6. The molecule has 7 nitrogen and oxygen atoms in total. The minimum atomic E-state index is -0.351. The molecule has 0 bridgehead atoms. The zero-order valence-electron chi connectivity index (χ0n) is 19.0. The van der Waals surface area contributed by atoms with Crippen molar-refractivity contribution in [3.8, 4) is 5.88 Å². The number of rotatable bonds is 5. The van der Waals surface area contributed by atoms with Gasteiger partial charge in [-0.3, -0.25) is 0 Å². The zero-order valence-corrected chi connectivity index (χ0v) is 19.0. The molecule has 7 heteroatoms. The molecule has 1 unspecified atom stereocenters. The van der Waals surface area contributed by atoms with Crippen LogP contribution in [0.15, 0.2) is 79.1 Å². The summed E-state index contributed by atoms with van der Waals surface area (Å²) in [6.45, 7) is 7.30. The van der Waals surface area contributed by atoms with Gasteiger partial charge in [0.2, 0.25) is 5.88 Å². The van der Waals surface area contributed by atoms with Crippen LogP contribution in [-0.4, -0.2) is 32.2 Å². The maximum absolute atomic E-state index is 6.37. The van der Waals surface area contributed by atoms with Crippen LogP contribution < -0.4 is 4.74 Å². The molecule has 2 aromatic heterocycles. The molecule has 0 amide bonds. The van der Waals surface area contributed by atoms with Gasteiger partial charge in [-0.05, 0) is 24.5 Å². The fourth-order valence-corrected chi connectivity index (χ4v) is 4.90. The smallest absolute Gasteiger partial charge is 0.246 e. The number of hydrogen-bond acceptors (Lipinski definition) is 6. The van der Waals surface area contributed by atoms with Crippen LogP contribution in [0.2, 0.25) is 0 Å². The number of fused-ring (bicyclic) bond motifs is 2. The first-order chi connectivity index (χ1) is 16.7. The van der Waals surface area contributed by atoms with Crippen LogP contribution in [0.4, 0.5) is 0 Å². The number of aryl methyl sites for hydroxylation is 1. The van der Waals surface area contributed by atoms with E-state index < -0.39 is 0 Å². The van der Waals surface area contributed by atoms with Crippen LogP contribution in [0.1, 0.15) is 35.7 Å². The number of benzene rings is 2. The third-order valence-corrected chi connectivity index (χ3v) is 6.66. The van der Waals surface area contributed by atoms with Crippen molar-refractivity contribution in [2.24, 2.45) is 5.92 Å². The van der Waals surface area contributed by atoms with Gasteiger partial charge in [0.05, 0.1) is 25.1 Å². The van der Waals surface area contributed by atoms with Crippen molar-refractivity contribution in [2.45, 2.75) is 38.4 Å². The van der Waals surface area contributed by atoms with Crippen molar-refractivity contribution < 1.29 is 14.2 Å². The molecule has 3 heterocycles. The quantitative estimate of drug-likeness (QED) is 0.398. The Morgan fingerprint density at radius 3 is 2.62 bits per heavy atom. The highest BCUT2D eigenvalue weighted by atomic mass is 16.7. The lowest BCUT2D eigenvalue weighted by Gasteiger charge is -2.33. The first kappa shape index (κ1) is 21.0. The molecule has 1 saturated carbocycles. The van der Waals surface area contributed by atoms with Crippen molar-refractivity contribution in [3.05, 3.63) is 96.1 Å². The highest BCUT2D eigenvalue weighted by molar-refractivity contribution is 5.76. The number of imidazole rings is 1. The largest absolute Gasteiger partial charge is 0.471 e. The molecule has 1 aliphatic carbocycles. The molecule has 172 valence electrons. The second kappa shape index (κ2) is 8.66. The lowest BCUT2D eigenvalue weighted by Crippen LogP contribution is -2.32. The Labute approximate surface area is 198 Å². The molecule has 4 atom stereocenters. The van der Waals surface area contributed by atoms with Gasteiger partial charge in [0, 0.05) is 11.5 Å². The fourth-order valence-electron chi connectivity index (χ4n) is 4.90. The van der Waals surface area contributed by atoms with Crippen LogP contribution in [-0.2, 0) is 16.1 Å². The van der Waals surface area contributed by atoms with E-state index in [1.54, 1.807) is 0 Å². The average molecular weight is 455 g/mol. The minimum Gasteiger partial charge on any atom is -0.471 e.